The molecule has 4 nitrogen and oxygen atoms in total. The van der Waals surface area contributed by atoms with Crippen molar-refractivity contribution in [2.45, 2.75) is 6.54 Å². The summed E-state index contributed by atoms with van der Waals surface area (Å²) < 4.78 is 0. The Morgan fingerprint density at radius 3 is 3.12 bits per heavy atom. The molecule has 80 valence electrons. The zero-order valence-electron chi connectivity index (χ0n) is 8.70. The maximum Gasteiger partial charge on any atom is 0.0651 e. The Kier molecular flexibility index (Phi) is 2.11. The van der Waals surface area contributed by atoms with Gasteiger partial charge in [-0.1, -0.05) is 0 Å². The van der Waals surface area contributed by atoms with Crippen LogP contribution < -0.4 is 5.32 Å². The number of rotatable bonds is 3. The molecular formula is C12H12N4. The quantitative estimate of drug-likeness (QED) is 0.624. The lowest BCUT2D eigenvalue weighted by Gasteiger charge is -2.04. The van der Waals surface area contributed by atoms with Crippen LogP contribution in [0.2, 0.25) is 0 Å². The normalized spacial score (nSPS) is 10.8. The Bertz CT molecular complexity index is 580. The molecule has 3 rings (SSSR count). The highest BCUT2D eigenvalue weighted by molar-refractivity contribution is 5.81. The van der Waals surface area contributed by atoms with E-state index in [1.807, 2.05) is 30.6 Å². The zero-order valence-corrected chi connectivity index (χ0v) is 8.70. The third-order valence-electron chi connectivity index (χ3n) is 2.59. The number of hydrogen-bond donors (Lipinski definition) is 3. The third-order valence-corrected chi connectivity index (χ3v) is 2.59. The summed E-state index contributed by atoms with van der Waals surface area (Å²) in [6.45, 7) is 0.802. The van der Waals surface area contributed by atoms with Crippen molar-refractivity contribution in [2.24, 2.45) is 0 Å². The molecule has 2 aromatic heterocycles. The fourth-order valence-electron chi connectivity index (χ4n) is 1.73. The second-order valence-electron chi connectivity index (χ2n) is 3.72. The molecule has 0 spiro atoms. The van der Waals surface area contributed by atoms with Crippen LogP contribution in [0.25, 0.3) is 10.9 Å². The molecule has 0 unspecified atom stereocenters. The third kappa shape index (κ3) is 1.65. The number of aromatic amines is 2. The second-order valence-corrected chi connectivity index (χ2v) is 3.72. The second kappa shape index (κ2) is 3.73. The summed E-state index contributed by atoms with van der Waals surface area (Å²) in [5.41, 5.74) is 3.33. The van der Waals surface area contributed by atoms with Crippen molar-refractivity contribution in [3.63, 3.8) is 0 Å². The molecule has 0 radical (unpaired) electrons. The molecule has 4 heteroatoms. The van der Waals surface area contributed by atoms with Crippen molar-refractivity contribution in [1.29, 1.82) is 0 Å². The average Bonchev–Trinajstić information content (AvgIpc) is 2.97. The molecule has 0 fully saturated rings. The molecule has 0 saturated heterocycles. The highest BCUT2D eigenvalue weighted by Gasteiger charge is 1.98. The van der Waals surface area contributed by atoms with Crippen molar-refractivity contribution < 1.29 is 0 Å². The highest BCUT2D eigenvalue weighted by Crippen LogP contribution is 2.17. The van der Waals surface area contributed by atoms with E-state index in [0.717, 1.165) is 23.1 Å². The van der Waals surface area contributed by atoms with Gasteiger partial charge >= 0.3 is 0 Å². The summed E-state index contributed by atoms with van der Waals surface area (Å²) in [7, 11) is 0. The first-order chi connectivity index (χ1) is 7.92. The van der Waals surface area contributed by atoms with Gasteiger partial charge in [-0.3, -0.25) is 5.10 Å². The minimum Gasteiger partial charge on any atom is -0.379 e. The van der Waals surface area contributed by atoms with E-state index in [9.17, 15) is 0 Å². The predicted octanol–water partition coefficient (Wildman–Crippen LogP) is 2.50. The van der Waals surface area contributed by atoms with Gasteiger partial charge < -0.3 is 10.3 Å². The summed E-state index contributed by atoms with van der Waals surface area (Å²) in [6, 6.07) is 10.2. The lowest BCUT2D eigenvalue weighted by atomic mass is 10.2. The van der Waals surface area contributed by atoms with Crippen molar-refractivity contribution in [3.8, 4) is 0 Å². The molecule has 0 bridgehead atoms. The maximum atomic E-state index is 3.99. The van der Waals surface area contributed by atoms with E-state index in [1.165, 1.54) is 5.69 Å². The number of fused-ring (bicyclic) bond motifs is 1. The topological polar surface area (TPSA) is 56.5 Å². The van der Waals surface area contributed by atoms with Gasteiger partial charge in [-0.25, -0.2) is 0 Å². The maximum absolute atomic E-state index is 3.99. The number of nitrogens with one attached hydrogen (secondary N) is 3. The minimum absolute atomic E-state index is 0.802. The van der Waals surface area contributed by atoms with E-state index in [2.05, 4.69) is 32.6 Å². The number of nitrogens with zero attached hydrogens (tertiary/aromatic N) is 1. The molecule has 0 aliphatic rings. The van der Waals surface area contributed by atoms with Crippen molar-refractivity contribution >= 4 is 16.6 Å². The molecule has 3 aromatic rings. The molecule has 0 aliphatic carbocycles. The number of aromatic nitrogens is 3. The molecular weight excluding hydrogens is 200 g/mol. The Morgan fingerprint density at radius 2 is 2.25 bits per heavy atom. The molecule has 0 amide bonds. The van der Waals surface area contributed by atoms with Gasteiger partial charge in [0, 0.05) is 23.0 Å². The van der Waals surface area contributed by atoms with Crippen LogP contribution in [0.1, 0.15) is 5.69 Å². The summed E-state index contributed by atoms with van der Waals surface area (Å²) in [5, 5.41) is 11.4. The molecule has 2 heterocycles. The van der Waals surface area contributed by atoms with Crippen LogP contribution in [-0.2, 0) is 6.54 Å². The molecule has 1 aromatic carbocycles. The highest BCUT2D eigenvalue weighted by atomic mass is 15.1. The lowest BCUT2D eigenvalue weighted by molar-refractivity contribution is 1.07. The van der Waals surface area contributed by atoms with E-state index in [4.69, 9.17) is 0 Å². The van der Waals surface area contributed by atoms with Gasteiger partial charge in [-0.2, -0.15) is 5.10 Å². The van der Waals surface area contributed by atoms with Crippen LogP contribution in [0.15, 0.2) is 42.7 Å². The van der Waals surface area contributed by atoms with E-state index in [0.29, 0.717) is 0 Å². The smallest absolute Gasteiger partial charge is 0.0651 e. The van der Waals surface area contributed by atoms with E-state index >= 15 is 0 Å². The Hall–Kier alpha value is -2.23. The first-order valence-corrected chi connectivity index (χ1v) is 5.21. The number of anilines is 1. The van der Waals surface area contributed by atoms with Crippen LogP contribution in [0.3, 0.4) is 0 Å². The Morgan fingerprint density at radius 1 is 1.25 bits per heavy atom. The van der Waals surface area contributed by atoms with Gasteiger partial charge in [0.1, 0.15) is 0 Å². The summed E-state index contributed by atoms with van der Waals surface area (Å²) >= 11 is 0. The largest absolute Gasteiger partial charge is 0.379 e. The summed E-state index contributed by atoms with van der Waals surface area (Å²) in [4.78, 5) is 3.16. The number of benzene rings is 1. The Labute approximate surface area is 92.7 Å². The number of hydrogen-bond acceptors (Lipinski definition) is 2. The minimum atomic E-state index is 0.802. The molecule has 16 heavy (non-hydrogen) atoms. The van der Waals surface area contributed by atoms with Crippen molar-refractivity contribution in [2.75, 3.05) is 5.32 Å². The zero-order chi connectivity index (χ0) is 10.8. The summed E-state index contributed by atoms with van der Waals surface area (Å²) in [5.74, 6) is 0. The fourth-order valence-corrected chi connectivity index (χ4v) is 1.73. The van der Waals surface area contributed by atoms with E-state index < -0.39 is 0 Å². The standard InChI is InChI=1S/C12H12N4/c1-2-11(13-5-1)8-14-10-3-4-12-9(6-10)7-15-16-12/h1-7,13-14H,8H2,(H,15,16). The lowest BCUT2D eigenvalue weighted by Crippen LogP contribution is -1.98. The molecule has 0 aliphatic heterocycles. The van der Waals surface area contributed by atoms with Gasteiger partial charge in [-0.05, 0) is 30.3 Å². The predicted molar refractivity (Wildman–Crippen MR) is 64.2 cm³/mol. The van der Waals surface area contributed by atoms with Gasteiger partial charge in [0.15, 0.2) is 0 Å². The van der Waals surface area contributed by atoms with Gasteiger partial charge in [0.25, 0.3) is 0 Å². The van der Waals surface area contributed by atoms with Crippen LogP contribution in [-0.4, -0.2) is 15.2 Å². The van der Waals surface area contributed by atoms with Gasteiger partial charge in [0.2, 0.25) is 0 Å². The monoisotopic (exact) mass is 212 g/mol. The fraction of sp³-hybridized carbons (Fsp3) is 0.0833. The first-order valence-electron chi connectivity index (χ1n) is 5.21. The van der Waals surface area contributed by atoms with Crippen LogP contribution in [0.4, 0.5) is 5.69 Å². The van der Waals surface area contributed by atoms with Crippen molar-refractivity contribution in [3.05, 3.63) is 48.4 Å². The first kappa shape index (κ1) is 9.03. The van der Waals surface area contributed by atoms with E-state index in [1.54, 1.807) is 0 Å². The molecule has 0 saturated carbocycles. The molecule has 3 N–H and O–H groups in total. The van der Waals surface area contributed by atoms with Crippen molar-refractivity contribution in [1.82, 2.24) is 15.2 Å². The number of H-pyrrole nitrogens is 2. The van der Waals surface area contributed by atoms with E-state index in [-0.39, 0.29) is 0 Å². The average molecular weight is 212 g/mol. The molecule has 0 atom stereocenters. The summed E-state index contributed by atoms with van der Waals surface area (Å²) in [6.07, 6.45) is 3.76. The van der Waals surface area contributed by atoms with Crippen LogP contribution >= 0.6 is 0 Å². The SMILES string of the molecule is c1c[nH]c(CNc2ccc3[nH]ncc3c2)c1. The van der Waals surface area contributed by atoms with Crippen LogP contribution in [0, 0.1) is 0 Å². The Balaban J connectivity index is 1.78. The van der Waals surface area contributed by atoms with Gasteiger partial charge in [0.05, 0.1) is 18.3 Å². The van der Waals surface area contributed by atoms with Crippen LogP contribution in [0.5, 0.6) is 0 Å². The van der Waals surface area contributed by atoms with Gasteiger partial charge in [-0.15, -0.1) is 0 Å².